The van der Waals surface area contributed by atoms with E-state index in [2.05, 4.69) is 146 Å². The molecule has 0 bridgehead atoms. The summed E-state index contributed by atoms with van der Waals surface area (Å²) in [4.78, 5) is 9.33. The molecule has 60 heavy (non-hydrogen) atoms. The van der Waals surface area contributed by atoms with E-state index in [1.807, 2.05) is 67.0 Å². The average molecular weight is 1020 g/mol. The molecule has 0 aliphatic rings. The third kappa shape index (κ3) is 9.63. The average Bonchev–Trinajstić information content (AvgIpc) is 3.65. The van der Waals surface area contributed by atoms with Gasteiger partial charge < -0.3 is 9.40 Å². The van der Waals surface area contributed by atoms with E-state index in [0.29, 0.717) is 11.1 Å². The molecule has 6 aromatic carbocycles. The SMILES string of the molecule is CC(C)(C)Cc1ccnc(-c2[c-]ccc3c2oc2c(-c4ccccc4)cc(-c4ccccc4)cc23)c1.[2H]C([2H])([2H])c1c[c-]c(-c2cc[c]([Ge]([CH3])([CH3])[CH3])cn2)cc1-c1ccccc1.[Ir]. The Morgan fingerprint density at radius 2 is 1.30 bits per heavy atom. The Bertz CT molecular complexity index is 2970. The predicted molar refractivity (Wildman–Crippen MR) is 251 cm³/mol. The van der Waals surface area contributed by atoms with Gasteiger partial charge in [-0.25, -0.2) is 0 Å². The van der Waals surface area contributed by atoms with Gasteiger partial charge in [-0.2, -0.15) is 0 Å². The summed E-state index contributed by atoms with van der Waals surface area (Å²) in [6, 6.07) is 57.6. The summed E-state index contributed by atoms with van der Waals surface area (Å²) >= 11 is -1.91. The number of aryl methyl sites for hydroxylation is 1. The van der Waals surface area contributed by atoms with Crippen molar-refractivity contribution in [2.75, 3.05) is 0 Å². The van der Waals surface area contributed by atoms with Gasteiger partial charge in [0.1, 0.15) is 5.58 Å². The molecule has 0 saturated heterocycles. The van der Waals surface area contributed by atoms with Crippen LogP contribution in [0.4, 0.5) is 0 Å². The van der Waals surface area contributed by atoms with Gasteiger partial charge in [0.25, 0.3) is 0 Å². The molecule has 3 aromatic heterocycles. The molecule has 3 heterocycles. The first kappa shape index (κ1) is 38.8. The third-order valence-electron chi connectivity index (χ3n) is 10.5. The molecule has 0 N–H and O–H groups in total. The van der Waals surface area contributed by atoms with Crippen LogP contribution in [0, 0.1) is 24.4 Å². The summed E-state index contributed by atoms with van der Waals surface area (Å²) in [5.41, 5.74) is 13.1. The van der Waals surface area contributed by atoms with Crippen molar-refractivity contribution in [2.24, 2.45) is 5.41 Å². The van der Waals surface area contributed by atoms with Crippen molar-refractivity contribution in [1.29, 1.82) is 0 Å². The van der Waals surface area contributed by atoms with E-state index in [9.17, 15) is 0 Å². The van der Waals surface area contributed by atoms with Crippen LogP contribution < -0.4 is 4.40 Å². The Kier molecular flexibility index (Phi) is 11.7. The molecule has 1 radical (unpaired) electrons. The maximum Gasteiger partial charge on any atom is 0 e. The van der Waals surface area contributed by atoms with Gasteiger partial charge in [-0.3, -0.25) is 0 Å². The van der Waals surface area contributed by atoms with Crippen molar-refractivity contribution in [3.05, 3.63) is 187 Å². The zero-order chi connectivity index (χ0) is 43.6. The van der Waals surface area contributed by atoms with Gasteiger partial charge in [0.05, 0.1) is 5.58 Å². The molecule has 0 aliphatic heterocycles. The molecule has 0 aliphatic carbocycles. The minimum absolute atomic E-state index is 0. The van der Waals surface area contributed by atoms with Crippen LogP contribution in [0.3, 0.4) is 0 Å². The van der Waals surface area contributed by atoms with E-state index < -0.39 is 20.1 Å². The van der Waals surface area contributed by atoms with Crippen LogP contribution in [-0.2, 0) is 26.5 Å². The molecular formula is C55H50GeIrN2O-2. The molecule has 9 rings (SSSR count). The number of rotatable bonds is 7. The fourth-order valence-corrected chi connectivity index (χ4v) is 9.66. The first-order chi connectivity index (χ1) is 29.6. The molecule has 0 unspecified atom stereocenters. The fraction of sp³-hybridized carbons (Fsp3) is 0.164. The van der Waals surface area contributed by atoms with E-state index >= 15 is 0 Å². The van der Waals surface area contributed by atoms with Gasteiger partial charge in [0.15, 0.2) is 0 Å². The molecule has 9 aromatic rings. The first-order valence-corrected chi connectivity index (χ1v) is 27.5. The van der Waals surface area contributed by atoms with Crippen molar-refractivity contribution in [3.63, 3.8) is 0 Å². The molecule has 0 fully saturated rings. The number of fused-ring (bicyclic) bond motifs is 3. The van der Waals surface area contributed by atoms with Crippen LogP contribution in [0.15, 0.2) is 168 Å². The van der Waals surface area contributed by atoms with E-state index in [0.717, 1.165) is 67.6 Å². The van der Waals surface area contributed by atoms with Gasteiger partial charge in [-0.05, 0) is 52.4 Å². The Hall–Kier alpha value is -5.39. The monoisotopic (exact) mass is 1020 g/mol. The van der Waals surface area contributed by atoms with Crippen LogP contribution >= 0.6 is 0 Å². The number of benzene rings is 6. The van der Waals surface area contributed by atoms with Crippen LogP contribution in [-0.4, -0.2) is 23.2 Å². The zero-order valence-corrected chi connectivity index (χ0v) is 39.4. The van der Waals surface area contributed by atoms with E-state index in [1.165, 1.54) is 21.1 Å². The molecule has 5 heteroatoms. The number of furan rings is 1. The zero-order valence-electron chi connectivity index (χ0n) is 37.9. The minimum atomic E-state index is -2.18. The van der Waals surface area contributed by atoms with Crippen molar-refractivity contribution in [3.8, 4) is 55.9 Å². The maximum atomic E-state index is 7.84. The summed E-state index contributed by atoms with van der Waals surface area (Å²) in [6.07, 6.45) is 4.84. The first-order valence-electron chi connectivity index (χ1n) is 21.7. The minimum Gasteiger partial charge on any atom is 0 e. The second-order valence-corrected chi connectivity index (χ2v) is 28.0. The maximum absolute atomic E-state index is 7.84. The molecule has 3 nitrogen and oxygen atoms in total. The van der Waals surface area contributed by atoms with Crippen molar-refractivity contribution in [2.45, 2.75) is 51.3 Å². The van der Waals surface area contributed by atoms with Crippen LogP contribution in [0.1, 0.15) is 36.0 Å². The second kappa shape index (κ2) is 18.1. The van der Waals surface area contributed by atoms with E-state index in [4.69, 9.17) is 13.5 Å². The largest absolute Gasteiger partial charge is 0 e. The summed E-state index contributed by atoms with van der Waals surface area (Å²) < 4.78 is 31.5. The smallest absolute Gasteiger partial charge is 0 e. The van der Waals surface area contributed by atoms with Crippen molar-refractivity contribution in [1.82, 2.24) is 9.97 Å². The number of hydrogen-bond donors (Lipinski definition) is 0. The Morgan fingerprint density at radius 1 is 0.633 bits per heavy atom. The van der Waals surface area contributed by atoms with Crippen LogP contribution in [0.2, 0.25) is 17.3 Å². The summed E-state index contributed by atoms with van der Waals surface area (Å²) in [5, 5.41) is 2.18. The van der Waals surface area contributed by atoms with Crippen LogP contribution in [0.25, 0.3) is 77.8 Å². The third-order valence-corrected chi connectivity index (χ3v) is 14.7. The Labute approximate surface area is 375 Å². The van der Waals surface area contributed by atoms with Gasteiger partial charge in [0.2, 0.25) is 0 Å². The van der Waals surface area contributed by atoms with E-state index in [-0.39, 0.29) is 25.5 Å². The fourth-order valence-electron chi connectivity index (χ4n) is 7.49. The standard InChI is InChI=1S/C34H28NO.C21H22GeN.Ir/c1-34(2,3)22-23-17-18-35-31(19-23)28-16-10-15-27-30-21-26(24-11-6-4-7-12-24)20-29(33(30)36-32(27)28)25-13-8-5-9-14-25;1-16-10-11-18(14-20(16)17-8-6-5-7-9-17)21-13-12-19(15-23-21)22(2,3)4;/h4-15,17-21H,22H2,1-3H3;5-10,12-15H,1-4H3;/q2*-1;/i;1D3;. The molecular weight excluding hydrogens is 969 g/mol. The normalized spacial score (nSPS) is 12.5. The summed E-state index contributed by atoms with van der Waals surface area (Å²) in [7, 11) is 0. The van der Waals surface area contributed by atoms with Gasteiger partial charge in [-0.15, -0.1) is 18.2 Å². The molecule has 0 amide bonds. The number of nitrogens with zero attached hydrogens (tertiary/aromatic N) is 2. The Morgan fingerprint density at radius 3 is 1.92 bits per heavy atom. The topological polar surface area (TPSA) is 38.9 Å². The van der Waals surface area contributed by atoms with Gasteiger partial charge in [-0.1, -0.05) is 104 Å². The quantitative estimate of drug-likeness (QED) is 0.118. The molecule has 0 spiro atoms. The predicted octanol–water partition coefficient (Wildman–Crippen LogP) is 14.4. The van der Waals surface area contributed by atoms with Crippen LogP contribution in [0.5, 0.6) is 0 Å². The molecule has 0 saturated carbocycles. The number of hydrogen-bond acceptors (Lipinski definition) is 3. The summed E-state index contributed by atoms with van der Waals surface area (Å²) in [6.45, 7) is 4.59. The van der Waals surface area contributed by atoms with Gasteiger partial charge in [0, 0.05) is 37.3 Å². The number of pyridine rings is 2. The van der Waals surface area contributed by atoms with Gasteiger partial charge >= 0.3 is 146 Å². The Balaban J connectivity index is 0.000000196. The summed E-state index contributed by atoms with van der Waals surface area (Å²) in [5.74, 6) is 7.00. The van der Waals surface area contributed by atoms with Crippen molar-refractivity contribution < 1.29 is 28.6 Å². The number of aromatic nitrogens is 2. The molecule has 0 atom stereocenters. The molecule has 301 valence electrons. The second-order valence-electron chi connectivity index (χ2n) is 17.3. The van der Waals surface area contributed by atoms with Crippen molar-refractivity contribution >= 4 is 39.6 Å². The van der Waals surface area contributed by atoms with E-state index in [1.54, 1.807) is 6.07 Å².